The van der Waals surface area contributed by atoms with Gasteiger partial charge in [0.2, 0.25) is 0 Å². The molecule has 1 N–H and O–H groups in total. The molecule has 120 valence electrons. The summed E-state index contributed by atoms with van der Waals surface area (Å²) < 4.78 is 0. The number of benzene rings is 1. The zero-order valence-electron chi connectivity index (χ0n) is 14.5. The fraction of sp³-hybridized carbons (Fsp3) is 0.700. The first-order valence-electron chi connectivity index (χ1n) is 9.11. The number of hydrogen-bond donors (Lipinski definition) is 1. The molecule has 0 saturated heterocycles. The van der Waals surface area contributed by atoms with Gasteiger partial charge in [0, 0.05) is 12.6 Å². The van der Waals surface area contributed by atoms with Crippen LogP contribution < -0.4 is 5.32 Å². The minimum Gasteiger partial charge on any atom is -0.310 e. The van der Waals surface area contributed by atoms with E-state index in [1.54, 1.807) is 0 Å². The molecule has 1 nitrogen and oxygen atoms in total. The Bertz CT molecular complexity index is 349. The molecule has 1 aromatic carbocycles. The summed E-state index contributed by atoms with van der Waals surface area (Å²) in [5, 5.41) is 3.83. The van der Waals surface area contributed by atoms with Crippen molar-refractivity contribution in [2.75, 3.05) is 0 Å². The molecule has 0 spiro atoms. The van der Waals surface area contributed by atoms with Gasteiger partial charge >= 0.3 is 0 Å². The maximum atomic E-state index is 3.83. The molecule has 0 saturated carbocycles. The third kappa shape index (κ3) is 7.66. The van der Waals surface area contributed by atoms with Gasteiger partial charge in [-0.05, 0) is 30.4 Å². The predicted molar refractivity (Wildman–Crippen MR) is 94.7 cm³/mol. The molecule has 0 fully saturated rings. The zero-order valence-corrected chi connectivity index (χ0v) is 14.5. The first kappa shape index (κ1) is 18.2. The van der Waals surface area contributed by atoms with Crippen molar-refractivity contribution in [2.45, 2.75) is 91.1 Å². The molecule has 1 rings (SSSR count). The highest BCUT2D eigenvalue weighted by atomic mass is 14.9. The molecule has 0 bridgehead atoms. The number of hydrogen-bond acceptors (Lipinski definition) is 1. The van der Waals surface area contributed by atoms with Crippen LogP contribution in [0.5, 0.6) is 0 Å². The first-order chi connectivity index (χ1) is 10.3. The summed E-state index contributed by atoms with van der Waals surface area (Å²) in [6.45, 7) is 7.86. The average molecular weight is 290 g/mol. The van der Waals surface area contributed by atoms with Gasteiger partial charge in [0.25, 0.3) is 0 Å². The average Bonchev–Trinajstić information content (AvgIpc) is 2.52. The van der Waals surface area contributed by atoms with Crippen molar-refractivity contribution in [3.63, 3.8) is 0 Å². The van der Waals surface area contributed by atoms with Crippen LogP contribution in [-0.2, 0) is 13.0 Å². The SMILES string of the molecule is CCCCCC(CCCCC)NCc1ccccc1CC. The van der Waals surface area contributed by atoms with Crippen molar-refractivity contribution in [3.05, 3.63) is 35.4 Å². The second-order valence-corrected chi connectivity index (χ2v) is 6.19. The third-order valence-corrected chi connectivity index (χ3v) is 4.39. The maximum Gasteiger partial charge on any atom is 0.0210 e. The highest BCUT2D eigenvalue weighted by Crippen LogP contribution is 2.14. The quantitative estimate of drug-likeness (QED) is 0.475. The zero-order chi connectivity index (χ0) is 15.3. The fourth-order valence-electron chi connectivity index (χ4n) is 2.96. The summed E-state index contributed by atoms with van der Waals surface area (Å²) in [6.07, 6.45) is 11.9. The van der Waals surface area contributed by atoms with E-state index in [-0.39, 0.29) is 0 Å². The van der Waals surface area contributed by atoms with E-state index < -0.39 is 0 Å². The molecule has 0 radical (unpaired) electrons. The normalized spacial score (nSPS) is 11.2. The van der Waals surface area contributed by atoms with Gasteiger partial charge in [-0.3, -0.25) is 0 Å². The fourth-order valence-corrected chi connectivity index (χ4v) is 2.96. The van der Waals surface area contributed by atoms with Crippen molar-refractivity contribution < 1.29 is 0 Å². The van der Waals surface area contributed by atoms with E-state index in [2.05, 4.69) is 50.4 Å². The van der Waals surface area contributed by atoms with Crippen LogP contribution in [0.1, 0.15) is 83.3 Å². The van der Waals surface area contributed by atoms with Gasteiger partial charge in [0.1, 0.15) is 0 Å². The molecule has 0 atom stereocenters. The standard InChI is InChI=1S/C20H35N/c1-4-7-9-15-20(16-10-8-5-2)21-17-19-14-12-11-13-18(19)6-3/h11-14,20-21H,4-10,15-17H2,1-3H3. The van der Waals surface area contributed by atoms with Crippen LogP contribution in [0.2, 0.25) is 0 Å². The predicted octanol–water partition coefficient (Wildman–Crippen LogP) is 5.87. The van der Waals surface area contributed by atoms with Crippen LogP contribution in [0.25, 0.3) is 0 Å². The lowest BCUT2D eigenvalue weighted by molar-refractivity contribution is 0.417. The van der Waals surface area contributed by atoms with E-state index in [0.717, 1.165) is 13.0 Å². The largest absolute Gasteiger partial charge is 0.310 e. The Morgan fingerprint density at radius 1 is 0.810 bits per heavy atom. The first-order valence-corrected chi connectivity index (χ1v) is 9.11. The summed E-state index contributed by atoms with van der Waals surface area (Å²) in [6, 6.07) is 9.57. The highest BCUT2D eigenvalue weighted by Gasteiger charge is 2.08. The lowest BCUT2D eigenvalue weighted by Crippen LogP contribution is -2.29. The molecule has 0 heterocycles. The van der Waals surface area contributed by atoms with Crippen molar-refractivity contribution >= 4 is 0 Å². The summed E-state index contributed by atoms with van der Waals surface area (Å²) in [5.41, 5.74) is 2.97. The van der Waals surface area contributed by atoms with Gasteiger partial charge in [-0.25, -0.2) is 0 Å². The Hall–Kier alpha value is -0.820. The van der Waals surface area contributed by atoms with Gasteiger partial charge in [-0.2, -0.15) is 0 Å². The van der Waals surface area contributed by atoms with Crippen molar-refractivity contribution in [1.82, 2.24) is 5.32 Å². The smallest absolute Gasteiger partial charge is 0.0210 e. The number of aryl methyl sites for hydroxylation is 1. The Labute approximate surface area is 132 Å². The van der Waals surface area contributed by atoms with Crippen molar-refractivity contribution in [3.8, 4) is 0 Å². The van der Waals surface area contributed by atoms with Gasteiger partial charge in [0.15, 0.2) is 0 Å². The van der Waals surface area contributed by atoms with Crippen LogP contribution in [0.4, 0.5) is 0 Å². The van der Waals surface area contributed by atoms with Crippen LogP contribution >= 0.6 is 0 Å². The van der Waals surface area contributed by atoms with Crippen molar-refractivity contribution in [2.24, 2.45) is 0 Å². The van der Waals surface area contributed by atoms with Crippen molar-refractivity contribution in [1.29, 1.82) is 0 Å². The van der Waals surface area contributed by atoms with E-state index >= 15 is 0 Å². The van der Waals surface area contributed by atoms with Gasteiger partial charge in [-0.15, -0.1) is 0 Å². The molecule has 0 aliphatic heterocycles. The Balaban J connectivity index is 2.46. The minimum absolute atomic E-state index is 0.702. The Morgan fingerprint density at radius 2 is 1.38 bits per heavy atom. The molecule has 21 heavy (non-hydrogen) atoms. The molecule has 0 aliphatic carbocycles. The van der Waals surface area contributed by atoms with E-state index in [1.165, 1.54) is 62.5 Å². The van der Waals surface area contributed by atoms with E-state index in [9.17, 15) is 0 Å². The lowest BCUT2D eigenvalue weighted by Gasteiger charge is -2.20. The second-order valence-electron chi connectivity index (χ2n) is 6.19. The number of rotatable bonds is 12. The van der Waals surface area contributed by atoms with Gasteiger partial charge in [-0.1, -0.05) is 83.6 Å². The molecular formula is C20H35N. The summed E-state index contributed by atoms with van der Waals surface area (Å²) in [7, 11) is 0. The topological polar surface area (TPSA) is 12.0 Å². The van der Waals surface area contributed by atoms with Gasteiger partial charge < -0.3 is 5.32 Å². The van der Waals surface area contributed by atoms with E-state index in [1.807, 2.05) is 0 Å². The molecular weight excluding hydrogens is 254 g/mol. The maximum absolute atomic E-state index is 3.83. The highest BCUT2D eigenvalue weighted by molar-refractivity contribution is 5.26. The molecule has 0 unspecified atom stereocenters. The number of nitrogens with one attached hydrogen (secondary N) is 1. The summed E-state index contributed by atoms with van der Waals surface area (Å²) >= 11 is 0. The van der Waals surface area contributed by atoms with Crippen LogP contribution in [-0.4, -0.2) is 6.04 Å². The molecule has 1 aromatic rings. The Kier molecular flexibility index (Phi) is 10.2. The summed E-state index contributed by atoms with van der Waals surface area (Å²) in [4.78, 5) is 0. The molecule has 0 amide bonds. The molecule has 1 heteroatoms. The molecule has 0 aromatic heterocycles. The monoisotopic (exact) mass is 289 g/mol. The minimum atomic E-state index is 0.702. The summed E-state index contributed by atoms with van der Waals surface area (Å²) in [5.74, 6) is 0. The van der Waals surface area contributed by atoms with Crippen LogP contribution in [0.3, 0.4) is 0 Å². The van der Waals surface area contributed by atoms with Crippen LogP contribution in [0.15, 0.2) is 24.3 Å². The van der Waals surface area contributed by atoms with E-state index in [4.69, 9.17) is 0 Å². The van der Waals surface area contributed by atoms with Crippen LogP contribution in [0, 0.1) is 0 Å². The third-order valence-electron chi connectivity index (χ3n) is 4.39. The lowest BCUT2D eigenvalue weighted by atomic mass is 10.0. The Morgan fingerprint density at radius 3 is 1.90 bits per heavy atom. The second kappa shape index (κ2) is 11.8. The van der Waals surface area contributed by atoms with E-state index in [0.29, 0.717) is 6.04 Å². The van der Waals surface area contributed by atoms with Gasteiger partial charge in [0.05, 0.1) is 0 Å². The molecule has 0 aliphatic rings. The number of unbranched alkanes of at least 4 members (excludes halogenated alkanes) is 4.